The monoisotopic (exact) mass is 506 g/mol. The Hall–Kier alpha value is -3.21. The minimum atomic E-state index is -0.969. The van der Waals surface area contributed by atoms with E-state index in [4.69, 9.17) is 9.84 Å². The molecule has 1 unspecified atom stereocenters. The summed E-state index contributed by atoms with van der Waals surface area (Å²) < 4.78 is 35.3. The third-order valence-corrected chi connectivity index (χ3v) is 7.31. The molecule has 0 saturated heterocycles. The normalized spacial score (nSPS) is 17.6. The van der Waals surface area contributed by atoms with Crippen molar-refractivity contribution in [2.45, 2.75) is 77.7 Å². The van der Waals surface area contributed by atoms with Gasteiger partial charge in [-0.25, -0.2) is 8.78 Å². The van der Waals surface area contributed by atoms with Crippen LogP contribution in [0.2, 0.25) is 0 Å². The fourth-order valence-corrected chi connectivity index (χ4v) is 5.08. The molecule has 0 bridgehead atoms. The van der Waals surface area contributed by atoms with Gasteiger partial charge in [0, 0.05) is 12.0 Å². The number of carbonyl (C=O) groups is 1. The van der Waals surface area contributed by atoms with Gasteiger partial charge in [-0.2, -0.15) is 0 Å². The van der Waals surface area contributed by atoms with E-state index in [0.29, 0.717) is 11.1 Å². The fourth-order valence-electron chi connectivity index (χ4n) is 5.08. The number of carboxylic acid groups (broad SMARTS) is 1. The Bertz CT molecular complexity index is 1230. The highest BCUT2D eigenvalue weighted by molar-refractivity contribution is 5.69. The molecule has 37 heavy (non-hydrogen) atoms. The first-order valence-electron chi connectivity index (χ1n) is 13.3. The van der Waals surface area contributed by atoms with Gasteiger partial charge < -0.3 is 9.84 Å². The molecular weight excluding hydrogens is 470 g/mol. The van der Waals surface area contributed by atoms with E-state index in [9.17, 15) is 13.6 Å². The number of ether oxygens (including phenoxy) is 1. The number of benzene rings is 3. The standard InChI is InChI=1S/C29H30F2O3.C3H6/c1-29(2)16-6-9-24(29)23-17-19(12-14-21(23)22-8-3-4-10-25(22)30)18-34-26-11-5-7-20(28(26)31)13-15-27(32)33;1-2-3-1/h3-5,7-8,10-12,14,17,24H,6,9,13,15-16,18H2,1-2H3,(H,32,33);1-3H2. The summed E-state index contributed by atoms with van der Waals surface area (Å²) in [6.07, 6.45) is 7.75. The SMILES string of the molecule is C1CC1.CC1(C)CCCC1c1cc(COc2cccc(CCC(=O)O)c2F)ccc1-c1ccccc1F. The smallest absolute Gasteiger partial charge is 0.303 e. The third kappa shape index (κ3) is 6.97. The molecule has 5 heteroatoms. The molecule has 5 rings (SSSR count). The predicted octanol–water partition coefficient (Wildman–Crippen LogP) is 8.69. The van der Waals surface area contributed by atoms with E-state index < -0.39 is 11.8 Å². The quantitative estimate of drug-likeness (QED) is 0.332. The van der Waals surface area contributed by atoms with Crippen LogP contribution in [0.5, 0.6) is 5.75 Å². The number of aliphatic carboxylic acids is 1. The highest BCUT2D eigenvalue weighted by Crippen LogP contribution is 2.51. The second kappa shape index (κ2) is 11.9. The van der Waals surface area contributed by atoms with Crippen LogP contribution in [0, 0.1) is 17.0 Å². The van der Waals surface area contributed by atoms with Crippen molar-refractivity contribution < 1.29 is 23.4 Å². The number of halogens is 2. The van der Waals surface area contributed by atoms with Crippen molar-refractivity contribution >= 4 is 5.97 Å². The van der Waals surface area contributed by atoms with Crippen molar-refractivity contribution in [3.05, 3.63) is 89.0 Å². The lowest BCUT2D eigenvalue weighted by Crippen LogP contribution is -2.17. The molecule has 196 valence electrons. The zero-order valence-corrected chi connectivity index (χ0v) is 21.7. The summed E-state index contributed by atoms with van der Waals surface area (Å²) in [5.41, 5.74) is 3.89. The van der Waals surface area contributed by atoms with E-state index in [1.54, 1.807) is 24.3 Å². The maximum absolute atomic E-state index is 14.8. The zero-order valence-electron chi connectivity index (χ0n) is 21.7. The molecule has 2 aliphatic rings. The van der Waals surface area contributed by atoms with Gasteiger partial charge in [-0.3, -0.25) is 4.79 Å². The number of aryl methyl sites for hydroxylation is 1. The van der Waals surface area contributed by atoms with E-state index in [-0.39, 0.29) is 42.3 Å². The van der Waals surface area contributed by atoms with Crippen LogP contribution in [0.4, 0.5) is 8.78 Å². The summed E-state index contributed by atoms with van der Waals surface area (Å²) in [6, 6.07) is 17.6. The Morgan fingerprint density at radius 2 is 1.73 bits per heavy atom. The first-order valence-corrected chi connectivity index (χ1v) is 13.3. The Labute approximate surface area is 218 Å². The molecule has 0 amide bonds. The van der Waals surface area contributed by atoms with Gasteiger partial charge in [0.25, 0.3) is 0 Å². The predicted molar refractivity (Wildman–Crippen MR) is 143 cm³/mol. The summed E-state index contributed by atoms with van der Waals surface area (Å²) in [5, 5.41) is 8.88. The lowest BCUT2D eigenvalue weighted by Gasteiger charge is -2.30. The topological polar surface area (TPSA) is 46.5 Å². The van der Waals surface area contributed by atoms with Gasteiger partial charge >= 0.3 is 5.97 Å². The molecule has 3 nitrogen and oxygen atoms in total. The van der Waals surface area contributed by atoms with Gasteiger partial charge in [-0.05, 0) is 65.0 Å². The first kappa shape index (κ1) is 26.8. The summed E-state index contributed by atoms with van der Waals surface area (Å²) >= 11 is 0. The minimum absolute atomic E-state index is 0.101. The van der Waals surface area contributed by atoms with Crippen LogP contribution in [-0.2, 0) is 17.8 Å². The molecule has 3 aromatic rings. The molecule has 2 fully saturated rings. The van der Waals surface area contributed by atoms with Crippen LogP contribution in [-0.4, -0.2) is 11.1 Å². The number of hydrogen-bond donors (Lipinski definition) is 1. The van der Waals surface area contributed by atoms with Gasteiger partial charge in [-0.15, -0.1) is 0 Å². The lowest BCUT2D eigenvalue weighted by atomic mass is 9.75. The van der Waals surface area contributed by atoms with Crippen LogP contribution < -0.4 is 4.74 Å². The molecule has 0 aromatic heterocycles. The lowest BCUT2D eigenvalue weighted by molar-refractivity contribution is -0.136. The van der Waals surface area contributed by atoms with Crippen molar-refractivity contribution in [1.82, 2.24) is 0 Å². The van der Waals surface area contributed by atoms with Crippen molar-refractivity contribution in [2.24, 2.45) is 5.41 Å². The molecule has 2 aliphatic carbocycles. The third-order valence-electron chi connectivity index (χ3n) is 7.31. The minimum Gasteiger partial charge on any atom is -0.486 e. The van der Waals surface area contributed by atoms with Crippen LogP contribution in [0.25, 0.3) is 11.1 Å². The second-order valence-corrected chi connectivity index (χ2v) is 10.8. The average Bonchev–Trinajstić information content (AvgIpc) is 3.71. The Balaban J connectivity index is 0.000000994. The van der Waals surface area contributed by atoms with E-state index in [1.807, 2.05) is 24.3 Å². The summed E-state index contributed by atoms with van der Waals surface area (Å²) in [5.74, 6) is -1.35. The molecule has 0 spiro atoms. The van der Waals surface area contributed by atoms with Gasteiger partial charge in [0.1, 0.15) is 12.4 Å². The summed E-state index contributed by atoms with van der Waals surface area (Å²) in [4.78, 5) is 10.8. The molecule has 0 radical (unpaired) electrons. The molecule has 2 saturated carbocycles. The highest BCUT2D eigenvalue weighted by Gasteiger charge is 2.37. The van der Waals surface area contributed by atoms with Crippen LogP contribution in [0.15, 0.2) is 60.7 Å². The van der Waals surface area contributed by atoms with Crippen molar-refractivity contribution in [3.63, 3.8) is 0 Å². The summed E-state index contributed by atoms with van der Waals surface area (Å²) in [7, 11) is 0. The Morgan fingerprint density at radius 3 is 2.38 bits per heavy atom. The number of hydrogen-bond acceptors (Lipinski definition) is 2. The van der Waals surface area contributed by atoms with Gasteiger partial charge in [0.2, 0.25) is 0 Å². The molecule has 0 heterocycles. The fraction of sp³-hybridized carbons (Fsp3) is 0.406. The maximum atomic E-state index is 14.8. The molecule has 1 atom stereocenters. The second-order valence-electron chi connectivity index (χ2n) is 10.8. The molecule has 3 aromatic carbocycles. The zero-order chi connectivity index (χ0) is 26.4. The number of carboxylic acids is 1. The van der Waals surface area contributed by atoms with E-state index in [0.717, 1.165) is 36.0 Å². The highest BCUT2D eigenvalue weighted by atomic mass is 19.1. The maximum Gasteiger partial charge on any atom is 0.303 e. The van der Waals surface area contributed by atoms with E-state index in [1.165, 1.54) is 25.3 Å². The molecule has 1 N–H and O–H groups in total. The van der Waals surface area contributed by atoms with Crippen LogP contribution in [0.1, 0.15) is 81.4 Å². The van der Waals surface area contributed by atoms with E-state index in [2.05, 4.69) is 19.9 Å². The largest absolute Gasteiger partial charge is 0.486 e. The van der Waals surface area contributed by atoms with Crippen molar-refractivity contribution in [3.8, 4) is 16.9 Å². The average molecular weight is 507 g/mol. The summed E-state index contributed by atoms with van der Waals surface area (Å²) in [6.45, 7) is 4.69. The molecule has 0 aliphatic heterocycles. The van der Waals surface area contributed by atoms with Crippen molar-refractivity contribution in [2.75, 3.05) is 0 Å². The van der Waals surface area contributed by atoms with Crippen LogP contribution in [0.3, 0.4) is 0 Å². The number of rotatable bonds is 8. The molecular formula is C32H36F2O3. The van der Waals surface area contributed by atoms with Gasteiger partial charge in [-0.1, -0.05) is 88.1 Å². The van der Waals surface area contributed by atoms with E-state index >= 15 is 0 Å². The van der Waals surface area contributed by atoms with Crippen LogP contribution >= 0.6 is 0 Å². The Kier molecular flexibility index (Phi) is 8.63. The van der Waals surface area contributed by atoms with Crippen molar-refractivity contribution in [1.29, 1.82) is 0 Å². The first-order chi connectivity index (χ1) is 17.8. The van der Waals surface area contributed by atoms with Gasteiger partial charge in [0.15, 0.2) is 11.6 Å². The Morgan fingerprint density at radius 1 is 0.973 bits per heavy atom. The van der Waals surface area contributed by atoms with Gasteiger partial charge in [0.05, 0.1) is 0 Å².